The van der Waals surface area contributed by atoms with E-state index in [9.17, 15) is 9.59 Å². The lowest BCUT2D eigenvalue weighted by atomic mass is 10.1. The van der Waals surface area contributed by atoms with Crippen molar-refractivity contribution in [3.05, 3.63) is 28.8 Å². The summed E-state index contributed by atoms with van der Waals surface area (Å²) >= 11 is 0. The maximum atomic E-state index is 11.6. The number of ether oxygens (including phenoxy) is 2. The molecule has 122 valence electrons. The highest BCUT2D eigenvalue weighted by Gasteiger charge is 2.07. The van der Waals surface area contributed by atoms with E-state index < -0.39 is 0 Å². The van der Waals surface area contributed by atoms with Gasteiger partial charge < -0.3 is 20.1 Å². The molecule has 1 aromatic rings. The molecule has 0 spiro atoms. The highest BCUT2D eigenvalue weighted by atomic mass is 16.5. The Hall–Kier alpha value is -2.24. The third-order valence-corrected chi connectivity index (χ3v) is 3.24. The van der Waals surface area contributed by atoms with Gasteiger partial charge in [0.05, 0.1) is 13.0 Å². The van der Waals surface area contributed by atoms with Crippen LogP contribution in [0.2, 0.25) is 0 Å². The van der Waals surface area contributed by atoms with Crippen LogP contribution in [-0.2, 0) is 9.53 Å². The molecule has 0 saturated heterocycles. The van der Waals surface area contributed by atoms with Crippen LogP contribution in [0.25, 0.3) is 0 Å². The van der Waals surface area contributed by atoms with Gasteiger partial charge in [-0.2, -0.15) is 0 Å². The standard InChI is InChI=1S/C16H24N2O4/c1-5-21-14(19)8-9-17-16(20)18-10-22-15-12(3)7-6-11(2)13(15)4/h6-7H,5,8-10H2,1-4H3,(H2,17,18,20). The highest BCUT2D eigenvalue weighted by molar-refractivity contribution is 5.75. The minimum absolute atomic E-state index is 0.0658. The Labute approximate surface area is 131 Å². The number of carbonyl (C=O) groups excluding carboxylic acids is 2. The lowest BCUT2D eigenvalue weighted by molar-refractivity contribution is -0.142. The Bertz CT molecular complexity index is 529. The van der Waals surface area contributed by atoms with Crippen molar-refractivity contribution in [1.82, 2.24) is 10.6 Å². The number of esters is 1. The van der Waals surface area contributed by atoms with Crippen molar-refractivity contribution in [2.75, 3.05) is 19.9 Å². The van der Waals surface area contributed by atoms with Crippen LogP contribution in [0, 0.1) is 20.8 Å². The molecule has 0 aliphatic carbocycles. The zero-order chi connectivity index (χ0) is 16.5. The molecule has 0 aromatic heterocycles. The van der Waals surface area contributed by atoms with Gasteiger partial charge in [-0.15, -0.1) is 0 Å². The van der Waals surface area contributed by atoms with Gasteiger partial charge in [0.2, 0.25) is 0 Å². The number of urea groups is 1. The molecule has 0 heterocycles. The predicted octanol–water partition coefficient (Wildman–Crippen LogP) is 2.20. The fraction of sp³-hybridized carbons (Fsp3) is 0.500. The number of benzene rings is 1. The van der Waals surface area contributed by atoms with Gasteiger partial charge in [-0.1, -0.05) is 12.1 Å². The quantitative estimate of drug-likeness (QED) is 0.598. The molecule has 0 unspecified atom stereocenters. The molecule has 0 bridgehead atoms. The fourth-order valence-electron chi connectivity index (χ4n) is 1.90. The summed E-state index contributed by atoms with van der Waals surface area (Å²) in [5, 5.41) is 5.15. The van der Waals surface area contributed by atoms with Crippen LogP contribution in [0.5, 0.6) is 5.75 Å². The predicted molar refractivity (Wildman–Crippen MR) is 83.9 cm³/mol. The topological polar surface area (TPSA) is 76.7 Å². The molecule has 6 heteroatoms. The smallest absolute Gasteiger partial charge is 0.317 e. The number of hydrogen-bond donors (Lipinski definition) is 2. The van der Waals surface area contributed by atoms with Crippen molar-refractivity contribution in [1.29, 1.82) is 0 Å². The summed E-state index contributed by atoms with van der Waals surface area (Å²) in [6, 6.07) is 3.64. The van der Waals surface area contributed by atoms with Crippen LogP contribution in [-0.4, -0.2) is 31.9 Å². The van der Waals surface area contributed by atoms with Crippen LogP contribution in [0.3, 0.4) is 0 Å². The first-order valence-corrected chi connectivity index (χ1v) is 7.32. The molecule has 0 fully saturated rings. The van der Waals surface area contributed by atoms with Crippen molar-refractivity contribution in [2.24, 2.45) is 0 Å². The van der Waals surface area contributed by atoms with E-state index in [1.165, 1.54) is 0 Å². The normalized spacial score (nSPS) is 10.0. The molecule has 0 aliphatic heterocycles. The van der Waals surface area contributed by atoms with E-state index in [2.05, 4.69) is 10.6 Å². The molecular formula is C16H24N2O4. The molecule has 2 N–H and O–H groups in total. The van der Waals surface area contributed by atoms with Gasteiger partial charge in [-0.3, -0.25) is 4.79 Å². The second kappa shape index (κ2) is 8.92. The maximum Gasteiger partial charge on any atom is 0.317 e. The molecule has 0 aliphatic rings. The number of aryl methyl sites for hydroxylation is 2. The zero-order valence-corrected chi connectivity index (χ0v) is 13.6. The lowest BCUT2D eigenvalue weighted by Crippen LogP contribution is -2.38. The maximum absolute atomic E-state index is 11.6. The summed E-state index contributed by atoms with van der Waals surface area (Å²) in [6.07, 6.45) is 0.151. The van der Waals surface area contributed by atoms with Crippen LogP contribution in [0.4, 0.5) is 4.79 Å². The molecule has 0 radical (unpaired) electrons. The summed E-state index contributed by atoms with van der Waals surface area (Å²) in [5.74, 6) is 0.455. The number of amides is 2. The third kappa shape index (κ3) is 5.63. The molecule has 22 heavy (non-hydrogen) atoms. The van der Waals surface area contributed by atoms with Gasteiger partial charge in [0.15, 0.2) is 6.73 Å². The van der Waals surface area contributed by atoms with Crippen LogP contribution < -0.4 is 15.4 Å². The van der Waals surface area contributed by atoms with E-state index in [0.29, 0.717) is 6.61 Å². The van der Waals surface area contributed by atoms with Crippen LogP contribution >= 0.6 is 0 Å². The second-order valence-corrected chi connectivity index (χ2v) is 4.93. The minimum Gasteiger partial charge on any atom is -0.473 e. The first-order valence-electron chi connectivity index (χ1n) is 7.32. The Morgan fingerprint density at radius 2 is 1.77 bits per heavy atom. The number of nitrogens with one attached hydrogen (secondary N) is 2. The van der Waals surface area contributed by atoms with Crippen LogP contribution in [0.1, 0.15) is 30.0 Å². The third-order valence-electron chi connectivity index (χ3n) is 3.24. The van der Waals surface area contributed by atoms with Crippen molar-refractivity contribution >= 4 is 12.0 Å². The Morgan fingerprint density at radius 3 is 2.45 bits per heavy atom. The zero-order valence-electron chi connectivity index (χ0n) is 13.6. The second-order valence-electron chi connectivity index (χ2n) is 4.93. The van der Waals surface area contributed by atoms with E-state index in [-0.39, 0.29) is 31.7 Å². The number of hydrogen-bond acceptors (Lipinski definition) is 4. The average Bonchev–Trinajstić information content (AvgIpc) is 2.47. The summed E-state index contributed by atoms with van der Waals surface area (Å²) in [4.78, 5) is 22.7. The Kier molecular flexibility index (Phi) is 7.22. The van der Waals surface area contributed by atoms with Gasteiger partial charge in [-0.05, 0) is 44.4 Å². The van der Waals surface area contributed by atoms with Gasteiger partial charge >= 0.3 is 12.0 Å². The first-order chi connectivity index (χ1) is 10.5. The van der Waals surface area contributed by atoms with Gasteiger partial charge in [0.1, 0.15) is 5.75 Å². The summed E-state index contributed by atoms with van der Waals surface area (Å²) in [5.41, 5.74) is 3.22. The fourth-order valence-corrected chi connectivity index (χ4v) is 1.90. The number of carbonyl (C=O) groups is 2. The minimum atomic E-state index is -0.382. The number of rotatable bonds is 7. The first kappa shape index (κ1) is 17.8. The monoisotopic (exact) mass is 308 g/mol. The molecule has 0 saturated carbocycles. The van der Waals surface area contributed by atoms with E-state index in [0.717, 1.165) is 22.4 Å². The van der Waals surface area contributed by atoms with Crippen molar-refractivity contribution in [2.45, 2.75) is 34.1 Å². The van der Waals surface area contributed by atoms with Gasteiger partial charge in [0.25, 0.3) is 0 Å². The van der Waals surface area contributed by atoms with E-state index in [4.69, 9.17) is 9.47 Å². The molecule has 1 rings (SSSR count). The van der Waals surface area contributed by atoms with Crippen molar-refractivity contribution in [3.63, 3.8) is 0 Å². The van der Waals surface area contributed by atoms with Crippen LogP contribution in [0.15, 0.2) is 12.1 Å². The Morgan fingerprint density at radius 1 is 1.09 bits per heavy atom. The SMILES string of the molecule is CCOC(=O)CCNC(=O)NCOc1c(C)ccc(C)c1C. The van der Waals surface area contributed by atoms with Crippen molar-refractivity contribution in [3.8, 4) is 5.75 Å². The molecule has 2 amide bonds. The molecule has 6 nitrogen and oxygen atoms in total. The lowest BCUT2D eigenvalue weighted by Gasteiger charge is -2.14. The summed E-state index contributed by atoms with van der Waals surface area (Å²) < 4.78 is 10.4. The average molecular weight is 308 g/mol. The van der Waals surface area contributed by atoms with E-state index in [1.807, 2.05) is 32.9 Å². The van der Waals surface area contributed by atoms with E-state index >= 15 is 0 Å². The largest absolute Gasteiger partial charge is 0.473 e. The molecular weight excluding hydrogens is 284 g/mol. The highest BCUT2D eigenvalue weighted by Crippen LogP contribution is 2.25. The Balaban J connectivity index is 2.31. The van der Waals surface area contributed by atoms with Gasteiger partial charge in [-0.25, -0.2) is 4.79 Å². The molecule has 1 aromatic carbocycles. The summed E-state index contributed by atoms with van der Waals surface area (Å²) in [7, 11) is 0. The summed E-state index contributed by atoms with van der Waals surface area (Å²) in [6.45, 7) is 8.33. The van der Waals surface area contributed by atoms with Gasteiger partial charge in [0, 0.05) is 6.54 Å². The van der Waals surface area contributed by atoms with E-state index in [1.54, 1.807) is 6.92 Å². The van der Waals surface area contributed by atoms with Crippen molar-refractivity contribution < 1.29 is 19.1 Å². The molecule has 0 atom stereocenters.